The third-order valence-electron chi connectivity index (χ3n) is 5.79. The van der Waals surface area contributed by atoms with Crippen LogP contribution in [-0.2, 0) is 4.79 Å². The maximum Gasteiger partial charge on any atom is 0.224 e. The molecule has 0 radical (unpaired) electrons. The molecular formula is C20H28ClNO. The molecule has 3 rings (SSSR count). The van der Waals surface area contributed by atoms with E-state index in [1.54, 1.807) is 6.07 Å². The summed E-state index contributed by atoms with van der Waals surface area (Å²) in [5.41, 5.74) is 0.804. The van der Waals surface area contributed by atoms with Crippen molar-refractivity contribution in [2.75, 3.05) is 5.32 Å². The van der Waals surface area contributed by atoms with Crippen LogP contribution in [0.1, 0.15) is 64.2 Å². The standard InChI is InChI=1S/C20H28ClNO/c21-18-7-4-8-19(14-18)22-20(23)13-15-9-11-17(12-10-15)16-5-2-1-3-6-16/h4,7-8,14-17H,1-3,5-6,9-13H2,(H,22,23). The molecule has 1 aromatic rings. The molecular weight excluding hydrogens is 306 g/mol. The molecule has 1 N–H and O–H groups in total. The Labute approximate surface area is 145 Å². The number of amides is 1. The van der Waals surface area contributed by atoms with Gasteiger partial charge < -0.3 is 5.32 Å². The number of hydrogen-bond acceptors (Lipinski definition) is 1. The van der Waals surface area contributed by atoms with Crippen molar-refractivity contribution in [3.63, 3.8) is 0 Å². The summed E-state index contributed by atoms with van der Waals surface area (Å²) in [6.07, 6.45) is 13.0. The minimum absolute atomic E-state index is 0.133. The van der Waals surface area contributed by atoms with Gasteiger partial charge in [0.25, 0.3) is 0 Å². The number of halogens is 1. The number of benzene rings is 1. The zero-order valence-corrected chi connectivity index (χ0v) is 14.7. The zero-order chi connectivity index (χ0) is 16.1. The number of carbonyl (C=O) groups excluding carboxylic acids is 1. The number of nitrogens with one attached hydrogen (secondary N) is 1. The SMILES string of the molecule is O=C(CC1CCC(C2CCCCC2)CC1)Nc1cccc(Cl)c1. The van der Waals surface area contributed by atoms with Gasteiger partial charge in [-0.25, -0.2) is 0 Å². The lowest BCUT2D eigenvalue weighted by Crippen LogP contribution is -2.25. The quantitative estimate of drug-likeness (QED) is 0.713. The van der Waals surface area contributed by atoms with Gasteiger partial charge in [0.2, 0.25) is 5.91 Å². The minimum atomic E-state index is 0.133. The second-order valence-corrected chi connectivity index (χ2v) is 7.88. The monoisotopic (exact) mass is 333 g/mol. The van der Waals surface area contributed by atoms with Crippen molar-refractivity contribution >= 4 is 23.2 Å². The van der Waals surface area contributed by atoms with E-state index >= 15 is 0 Å². The van der Waals surface area contributed by atoms with Crippen molar-refractivity contribution in [3.05, 3.63) is 29.3 Å². The van der Waals surface area contributed by atoms with E-state index < -0.39 is 0 Å². The van der Waals surface area contributed by atoms with E-state index in [-0.39, 0.29) is 5.91 Å². The molecule has 126 valence electrons. The summed E-state index contributed by atoms with van der Waals surface area (Å²) in [4.78, 5) is 12.2. The fourth-order valence-corrected chi connectivity index (χ4v) is 4.70. The minimum Gasteiger partial charge on any atom is -0.326 e. The molecule has 3 heteroatoms. The van der Waals surface area contributed by atoms with E-state index in [4.69, 9.17) is 11.6 Å². The van der Waals surface area contributed by atoms with Crippen LogP contribution in [0, 0.1) is 17.8 Å². The highest BCUT2D eigenvalue weighted by molar-refractivity contribution is 6.30. The van der Waals surface area contributed by atoms with Gasteiger partial charge in [0.1, 0.15) is 0 Å². The Morgan fingerprint density at radius 2 is 1.70 bits per heavy atom. The highest BCUT2D eigenvalue weighted by Crippen LogP contribution is 2.40. The fraction of sp³-hybridized carbons (Fsp3) is 0.650. The molecule has 0 atom stereocenters. The van der Waals surface area contributed by atoms with Crippen molar-refractivity contribution in [3.8, 4) is 0 Å². The van der Waals surface area contributed by atoms with Gasteiger partial charge in [-0.15, -0.1) is 0 Å². The molecule has 2 fully saturated rings. The molecule has 2 nitrogen and oxygen atoms in total. The lowest BCUT2D eigenvalue weighted by molar-refractivity contribution is -0.117. The van der Waals surface area contributed by atoms with Crippen LogP contribution in [-0.4, -0.2) is 5.91 Å². The number of hydrogen-bond donors (Lipinski definition) is 1. The third-order valence-corrected chi connectivity index (χ3v) is 6.03. The van der Waals surface area contributed by atoms with Crippen LogP contribution in [0.3, 0.4) is 0 Å². The maximum atomic E-state index is 12.2. The number of carbonyl (C=O) groups is 1. The van der Waals surface area contributed by atoms with Crippen molar-refractivity contribution in [1.29, 1.82) is 0 Å². The molecule has 1 amide bonds. The molecule has 2 aliphatic rings. The smallest absolute Gasteiger partial charge is 0.224 e. The van der Waals surface area contributed by atoms with Gasteiger partial charge in [-0.2, -0.15) is 0 Å². The first-order chi connectivity index (χ1) is 11.2. The van der Waals surface area contributed by atoms with E-state index in [1.807, 2.05) is 18.2 Å². The second kappa shape index (κ2) is 8.19. The van der Waals surface area contributed by atoms with E-state index in [9.17, 15) is 4.79 Å². The molecule has 0 unspecified atom stereocenters. The van der Waals surface area contributed by atoms with Gasteiger partial charge in [-0.3, -0.25) is 4.79 Å². The average Bonchev–Trinajstić information content (AvgIpc) is 2.56. The first kappa shape index (κ1) is 16.8. The fourth-order valence-electron chi connectivity index (χ4n) is 4.51. The van der Waals surface area contributed by atoms with E-state index in [0.717, 1.165) is 17.5 Å². The van der Waals surface area contributed by atoms with Crippen LogP contribution in [0.25, 0.3) is 0 Å². The maximum absolute atomic E-state index is 12.2. The molecule has 23 heavy (non-hydrogen) atoms. The summed E-state index contributed by atoms with van der Waals surface area (Å²) in [6.45, 7) is 0. The highest BCUT2D eigenvalue weighted by atomic mass is 35.5. The Bertz CT molecular complexity index is 516. The van der Waals surface area contributed by atoms with Crippen LogP contribution < -0.4 is 5.32 Å². The van der Waals surface area contributed by atoms with Gasteiger partial charge in [0.15, 0.2) is 0 Å². The Morgan fingerprint density at radius 3 is 2.39 bits per heavy atom. The Hall–Kier alpha value is -1.02. The molecule has 1 aromatic carbocycles. The van der Waals surface area contributed by atoms with E-state index in [2.05, 4.69) is 5.32 Å². The van der Waals surface area contributed by atoms with Crippen LogP contribution in [0.15, 0.2) is 24.3 Å². The Kier molecular flexibility index (Phi) is 5.99. The van der Waals surface area contributed by atoms with Crippen molar-refractivity contribution in [2.45, 2.75) is 64.2 Å². The molecule has 0 saturated heterocycles. The molecule has 2 saturated carbocycles. The lowest BCUT2D eigenvalue weighted by atomic mass is 9.70. The van der Waals surface area contributed by atoms with Gasteiger partial charge in [-0.1, -0.05) is 49.8 Å². The Balaban J connectivity index is 1.42. The number of rotatable bonds is 4. The number of anilines is 1. The van der Waals surface area contributed by atoms with Crippen molar-refractivity contribution < 1.29 is 4.79 Å². The van der Waals surface area contributed by atoms with Crippen LogP contribution in [0.2, 0.25) is 5.02 Å². The van der Waals surface area contributed by atoms with Crippen LogP contribution >= 0.6 is 11.6 Å². The van der Waals surface area contributed by atoms with Gasteiger partial charge in [0, 0.05) is 17.1 Å². The first-order valence-electron chi connectivity index (χ1n) is 9.26. The summed E-state index contributed by atoms with van der Waals surface area (Å²) in [6, 6.07) is 7.39. The topological polar surface area (TPSA) is 29.1 Å². The normalized spacial score (nSPS) is 26.0. The molecule has 0 bridgehead atoms. The molecule has 2 aliphatic carbocycles. The van der Waals surface area contributed by atoms with E-state index in [1.165, 1.54) is 57.8 Å². The predicted molar refractivity (Wildman–Crippen MR) is 96.7 cm³/mol. The summed E-state index contributed by atoms with van der Waals surface area (Å²) in [7, 11) is 0. The van der Waals surface area contributed by atoms with Crippen molar-refractivity contribution in [1.82, 2.24) is 0 Å². The summed E-state index contributed by atoms with van der Waals surface area (Å²) in [5.74, 6) is 2.61. The lowest BCUT2D eigenvalue weighted by Gasteiger charge is -2.35. The van der Waals surface area contributed by atoms with Crippen LogP contribution in [0.4, 0.5) is 5.69 Å². The first-order valence-corrected chi connectivity index (χ1v) is 9.64. The zero-order valence-electron chi connectivity index (χ0n) is 13.9. The summed E-state index contributed by atoms with van der Waals surface area (Å²) >= 11 is 5.96. The average molecular weight is 334 g/mol. The van der Waals surface area contributed by atoms with Crippen molar-refractivity contribution in [2.24, 2.45) is 17.8 Å². The molecule has 0 spiro atoms. The van der Waals surface area contributed by atoms with Crippen LogP contribution in [0.5, 0.6) is 0 Å². The highest BCUT2D eigenvalue weighted by Gasteiger charge is 2.29. The van der Waals surface area contributed by atoms with Gasteiger partial charge >= 0.3 is 0 Å². The van der Waals surface area contributed by atoms with E-state index in [0.29, 0.717) is 17.4 Å². The van der Waals surface area contributed by atoms with Gasteiger partial charge in [0.05, 0.1) is 0 Å². The molecule has 0 aromatic heterocycles. The van der Waals surface area contributed by atoms with Gasteiger partial charge in [-0.05, 0) is 61.6 Å². The molecule has 0 aliphatic heterocycles. The largest absolute Gasteiger partial charge is 0.326 e. The third kappa shape index (κ3) is 4.97. The second-order valence-electron chi connectivity index (χ2n) is 7.44. The Morgan fingerprint density at radius 1 is 1.00 bits per heavy atom. The molecule has 0 heterocycles. The predicted octanol–water partition coefficient (Wildman–Crippen LogP) is 6.06. The summed E-state index contributed by atoms with van der Waals surface area (Å²) in [5, 5.41) is 3.64. The summed E-state index contributed by atoms with van der Waals surface area (Å²) < 4.78 is 0.